The highest BCUT2D eigenvalue weighted by Crippen LogP contribution is 2.24. The molecule has 0 aliphatic rings. The van der Waals surface area contributed by atoms with Crippen molar-refractivity contribution in [1.29, 1.82) is 0 Å². The molecule has 0 saturated carbocycles. The predicted octanol–water partition coefficient (Wildman–Crippen LogP) is 4.62. The van der Waals surface area contributed by atoms with E-state index in [4.69, 9.17) is 17.3 Å². The average molecular weight is 347 g/mol. The lowest BCUT2D eigenvalue weighted by Crippen LogP contribution is -2.13. The third-order valence-corrected chi connectivity index (χ3v) is 3.73. The Balaban J connectivity index is 2.17. The maximum Gasteiger partial charge on any atom is 0.142 e. The first-order valence-electron chi connectivity index (χ1n) is 5.62. The van der Waals surface area contributed by atoms with Crippen LogP contribution >= 0.6 is 27.5 Å². The molecule has 5 heteroatoms. The summed E-state index contributed by atoms with van der Waals surface area (Å²) in [5, 5.41) is 0.0850. The van der Waals surface area contributed by atoms with Gasteiger partial charge in [0.1, 0.15) is 11.6 Å². The van der Waals surface area contributed by atoms with Crippen molar-refractivity contribution in [2.45, 2.75) is 12.5 Å². The van der Waals surface area contributed by atoms with Gasteiger partial charge in [0, 0.05) is 6.04 Å². The minimum absolute atomic E-state index is 0.0850. The predicted molar refractivity (Wildman–Crippen MR) is 76.1 cm³/mol. The Morgan fingerprint density at radius 1 is 1.11 bits per heavy atom. The Morgan fingerprint density at radius 2 is 1.84 bits per heavy atom. The summed E-state index contributed by atoms with van der Waals surface area (Å²) in [6.45, 7) is 0. The van der Waals surface area contributed by atoms with Crippen LogP contribution in [-0.2, 0) is 6.42 Å². The number of rotatable bonds is 3. The second kappa shape index (κ2) is 5.99. The summed E-state index contributed by atoms with van der Waals surface area (Å²) in [5.41, 5.74) is 7.56. The summed E-state index contributed by atoms with van der Waals surface area (Å²) in [6, 6.07) is 8.85. The highest BCUT2D eigenvalue weighted by Gasteiger charge is 2.11. The lowest BCUT2D eigenvalue weighted by atomic mass is 10.00. The zero-order valence-electron chi connectivity index (χ0n) is 9.84. The summed E-state index contributed by atoms with van der Waals surface area (Å²) in [6.07, 6.45) is 0.451. The molecule has 100 valence electrons. The van der Waals surface area contributed by atoms with Gasteiger partial charge in [0.05, 0.1) is 9.50 Å². The Bertz CT molecular complexity index is 604. The summed E-state index contributed by atoms with van der Waals surface area (Å²) in [4.78, 5) is 0. The molecule has 1 atom stereocenters. The fraction of sp³-hybridized carbons (Fsp3) is 0.143. The minimum atomic E-state index is -0.466. The lowest BCUT2D eigenvalue weighted by molar-refractivity contribution is 0.615. The second-order valence-electron chi connectivity index (χ2n) is 4.23. The van der Waals surface area contributed by atoms with Crippen LogP contribution in [0.25, 0.3) is 0 Å². The van der Waals surface area contributed by atoms with Gasteiger partial charge in [0.25, 0.3) is 0 Å². The summed E-state index contributed by atoms with van der Waals surface area (Å²) < 4.78 is 26.8. The highest BCUT2D eigenvalue weighted by atomic mass is 79.9. The molecule has 0 radical (unpaired) electrons. The first-order valence-corrected chi connectivity index (χ1v) is 6.79. The van der Waals surface area contributed by atoms with Gasteiger partial charge in [-0.2, -0.15) is 0 Å². The zero-order chi connectivity index (χ0) is 14.0. The van der Waals surface area contributed by atoms with Crippen LogP contribution in [0.15, 0.2) is 40.9 Å². The maximum absolute atomic E-state index is 13.3. The van der Waals surface area contributed by atoms with Gasteiger partial charge >= 0.3 is 0 Å². The highest BCUT2D eigenvalue weighted by molar-refractivity contribution is 9.10. The van der Waals surface area contributed by atoms with E-state index in [1.807, 2.05) is 0 Å². The maximum atomic E-state index is 13.3. The third-order valence-electron chi connectivity index (χ3n) is 2.81. The van der Waals surface area contributed by atoms with E-state index >= 15 is 0 Å². The van der Waals surface area contributed by atoms with Gasteiger partial charge in [0.15, 0.2) is 0 Å². The number of halogens is 4. The number of nitrogens with two attached hydrogens (primary N) is 1. The fourth-order valence-electron chi connectivity index (χ4n) is 1.78. The van der Waals surface area contributed by atoms with Crippen LogP contribution in [0.5, 0.6) is 0 Å². The van der Waals surface area contributed by atoms with Crippen molar-refractivity contribution >= 4 is 27.5 Å². The third kappa shape index (κ3) is 3.53. The van der Waals surface area contributed by atoms with Crippen LogP contribution in [0.2, 0.25) is 5.02 Å². The lowest BCUT2D eigenvalue weighted by Gasteiger charge is -2.13. The Hall–Kier alpha value is -0.970. The molecule has 0 aromatic heterocycles. The molecule has 1 unspecified atom stereocenters. The minimum Gasteiger partial charge on any atom is -0.324 e. The standard InChI is InChI=1S/C14H11BrClF2N/c15-10-7-9(2-4-12(10)17)14(19)6-8-1-3-11(16)13(18)5-8/h1-5,7,14H,6,19H2. The van der Waals surface area contributed by atoms with Gasteiger partial charge in [-0.3, -0.25) is 0 Å². The Morgan fingerprint density at radius 3 is 2.47 bits per heavy atom. The van der Waals surface area contributed by atoms with Crippen molar-refractivity contribution in [3.63, 3.8) is 0 Å². The first kappa shape index (κ1) is 14.4. The largest absolute Gasteiger partial charge is 0.324 e. The van der Waals surface area contributed by atoms with Gasteiger partial charge in [-0.25, -0.2) is 8.78 Å². The Labute approximate surface area is 123 Å². The van der Waals surface area contributed by atoms with Crippen LogP contribution < -0.4 is 5.73 Å². The molecule has 0 heterocycles. The van der Waals surface area contributed by atoms with Crippen molar-refractivity contribution in [3.8, 4) is 0 Å². The molecular formula is C14H11BrClF2N. The van der Waals surface area contributed by atoms with Crippen molar-refractivity contribution in [2.75, 3.05) is 0 Å². The van der Waals surface area contributed by atoms with E-state index in [2.05, 4.69) is 15.9 Å². The molecule has 0 fully saturated rings. The van der Waals surface area contributed by atoms with E-state index in [0.29, 0.717) is 10.9 Å². The second-order valence-corrected chi connectivity index (χ2v) is 5.49. The number of hydrogen-bond acceptors (Lipinski definition) is 1. The molecule has 0 bridgehead atoms. The molecule has 1 nitrogen and oxygen atoms in total. The molecule has 0 aliphatic carbocycles. The van der Waals surface area contributed by atoms with Crippen LogP contribution in [0.4, 0.5) is 8.78 Å². The van der Waals surface area contributed by atoms with E-state index in [9.17, 15) is 8.78 Å². The van der Waals surface area contributed by atoms with Crippen LogP contribution in [-0.4, -0.2) is 0 Å². The molecule has 2 aromatic carbocycles. The van der Waals surface area contributed by atoms with E-state index in [0.717, 1.165) is 11.1 Å². The molecule has 0 amide bonds. The average Bonchev–Trinajstić information content (AvgIpc) is 2.37. The van der Waals surface area contributed by atoms with Gasteiger partial charge < -0.3 is 5.73 Å². The molecule has 0 spiro atoms. The van der Waals surface area contributed by atoms with Crippen molar-refractivity contribution in [3.05, 3.63) is 68.7 Å². The zero-order valence-corrected chi connectivity index (χ0v) is 12.2. The van der Waals surface area contributed by atoms with Gasteiger partial charge in [-0.15, -0.1) is 0 Å². The summed E-state index contributed by atoms with van der Waals surface area (Å²) in [7, 11) is 0. The van der Waals surface area contributed by atoms with Gasteiger partial charge in [-0.05, 0) is 57.7 Å². The molecule has 2 N–H and O–H groups in total. The number of benzene rings is 2. The molecule has 2 aromatic rings. The quantitative estimate of drug-likeness (QED) is 0.862. The van der Waals surface area contributed by atoms with Gasteiger partial charge in [0.2, 0.25) is 0 Å². The van der Waals surface area contributed by atoms with Gasteiger partial charge in [-0.1, -0.05) is 23.7 Å². The van der Waals surface area contributed by atoms with E-state index in [-0.39, 0.29) is 16.9 Å². The number of hydrogen-bond donors (Lipinski definition) is 1. The monoisotopic (exact) mass is 345 g/mol. The van der Waals surface area contributed by atoms with E-state index < -0.39 is 5.82 Å². The fourth-order valence-corrected chi connectivity index (χ4v) is 2.30. The van der Waals surface area contributed by atoms with Crippen LogP contribution in [0, 0.1) is 11.6 Å². The van der Waals surface area contributed by atoms with E-state index in [1.165, 1.54) is 18.2 Å². The van der Waals surface area contributed by atoms with Crippen LogP contribution in [0.1, 0.15) is 17.2 Å². The smallest absolute Gasteiger partial charge is 0.142 e. The summed E-state index contributed by atoms with van der Waals surface area (Å²) in [5.74, 6) is -0.805. The SMILES string of the molecule is NC(Cc1ccc(Cl)c(F)c1)c1ccc(F)c(Br)c1. The molecular weight excluding hydrogens is 336 g/mol. The molecule has 19 heavy (non-hydrogen) atoms. The molecule has 2 rings (SSSR count). The van der Waals surface area contributed by atoms with Crippen LogP contribution in [0.3, 0.4) is 0 Å². The van der Waals surface area contributed by atoms with Crippen molar-refractivity contribution in [1.82, 2.24) is 0 Å². The topological polar surface area (TPSA) is 26.0 Å². The molecule has 0 saturated heterocycles. The van der Waals surface area contributed by atoms with E-state index in [1.54, 1.807) is 18.2 Å². The summed E-state index contributed by atoms with van der Waals surface area (Å²) >= 11 is 8.73. The molecule has 0 aliphatic heterocycles. The van der Waals surface area contributed by atoms with Crippen molar-refractivity contribution < 1.29 is 8.78 Å². The Kier molecular flexibility index (Phi) is 4.55. The van der Waals surface area contributed by atoms with Crippen molar-refractivity contribution in [2.24, 2.45) is 5.73 Å². The normalized spacial score (nSPS) is 12.5. The first-order chi connectivity index (χ1) is 8.97.